The third kappa shape index (κ3) is 2.64. The number of nitrogens with zero attached hydrogens (tertiary/aromatic N) is 1. The summed E-state index contributed by atoms with van der Waals surface area (Å²) in [7, 11) is -0.479. The van der Waals surface area contributed by atoms with Gasteiger partial charge in [-0.05, 0) is 27.7 Å². The molecule has 19 heavy (non-hydrogen) atoms. The normalized spacial score (nSPS) is 21.2. The molecule has 0 saturated carbocycles. The highest BCUT2D eigenvalue weighted by atomic mass is 19.1. The lowest BCUT2D eigenvalue weighted by atomic mass is 9.89. The standard InChI is InChI=1S/C13H18BFN2O2/c1-12(2)13(3,4)19-14(18-12)6-5-9-7-17-8-10(15)11(9)16/h5-8H,1-4H3,(H2,16,17)/b6-5+. The zero-order valence-corrected chi connectivity index (χ0v) is 11.6. The molecule has 1 saturated heterocycles. The van der Waals surface area contributed by atoms with Crippen LogP contribution >= 0.6 is 0 Å². The molecule has 0 unspecified atom stereocenters. The van der Waals surface area contributed by atoms with Crippen molar-refractivity contribution in [3.8, 4) is 0 Å². The molecule has 6 heteroatoms. The Kier molecular flexibility index (Phi) is 3.41. The molecule has 1 aliphatic heterocycles. The van der Waals surface area contributed by atoms with Crippen molar-refractivity contribution in [3.63, 3.8) is 0 Å². The zero-order chi connectivity index (χ0) is 14.3. The summed E-state index contributed by atoms with van der Waals surface area (Å²) in [5.74, 6) is 1.18. The highest BCUT2D eigenvalue weighted by Crippen LogP contribution is 2.37. The van der Waals surface area contributed by atoms with E-state index in [9.17, 15) is 4.39 Å². The van der Waals surface area contributed by atoms with Crippen LogP contribution in [0.25, 0.3) is 6.08 Å². The van der Waals surface area contributed by atoms with E-state index in [0.29, 0.717) is 5.56 Å². The average molecular weight is 264 g/mol. The van der Waals surface area contributed by atoms with Crippen molar-refractivity contribution < 1.29 is 13.7 Å². The molecule has 4 nitrogen and oxygen atoms in total. The summed E-state index contributed by atoms with van der Waals surface area (Å²) in [5, 5.41) is 0. The number of nitrogen functional groups attached to an aromatic ring is 1. The fourth-order valence-electron chi connectivity index (χ4n) is 1.74. The first kappa shape index (κ1) is 14.0. The SMILES string of the molecule is CC1(C)OB(/C=C/c2cncc(F)c2N)OC1(C)C. The smallest absolute Gasteiger partial charge is 0.400 e. The van der Waals surface area contributed by atoms with E-state index < -0.39 is 24.1 Å². The van der Waals surface area contributed by atoms with Crippen LogP contribution in [0, 0.1) is 5.82 Å². The first-order valence-corrected chi connectivity index (χ1v) is 6.16. The molecule has 2 N–H and O–H groups in total. The maximum absolute atomic E-state index is 13.2. The molecular formula is C13H18BFN2O2. The predicted octanol–water partition coefficient (Wildman–Crippen LogP) is 2.45. The van der Waals surface area contributed by atoms with E-state index in [-0.39, 0.29) is 5.69 Å². The molecular weight excluding hydrogens is 246 g/mol. The van der Waals surface area contributed by atoms with Gasteiger partial charge < -0.3 is 15.0 Å². The van der Waals surface area contributed by atoms with E-state index in [1.165, 1.54) is 6.20 Å². The van der Waals surface area contributed by atoms with Crippen molar-refractivity contribution in [2.24, 2.45) is 0 Å². The summed E-state index contributed by atoms with van der Waals surface area (Å²) in [6.45, 7) is 7.88. The van der Waals surface area contributed by atoms with E-state index in [0.717, 1.165) is 6.20 Å². The number of nitrogens with two attached hydrogens (primary N) is 1. The second-order valence-corrected chi connectivity index (χ2v) is 5.61. The summed E-state index contributed by atoms with van der Waals surface area (Å²) >= 11 is 0. The Labute approximate surface area is 113 Å². The van der Waals surface area contributed by atoms with Gasteiger partial charge in [0.25, 0.3) is 0 Å². The minimum Gasteiger partial charge on any atom is -0.400 e. The summed E-state index contributed by atoms with van der Waals surface area (Å²) in [5.41, 5.74) is 5.42. The largest absolute Gasteiger partial charge is 0.487 e. The van der Waals surface area contributed by atoms with Crippen molar-refractivity contribution in [3.05, 3.63) is 29.7 Å². The molecule has 102 valence electrons. The Hall–Kier alpha value is -1.40. The number of hydrogen-bond donors (Lipinski definition) is 1. The van der Waals surface area contributed by atoms with Gasteiger partial charge in [0.2, 0.25) is 0 Å². The van der Waals surface area contributed by atoms with Crippen LogP contribution in [0.1, 0.15) is 33.3 Å². The third-order valence-electron chi connectivity index (χ3n) is 3.67. The number of halogens is 1. The second kappa shape index (κ2) is 4.61. The van der Waals surface area contributed by atoms with E-state index >= 15 is 0 Å². The summed E-state index contributed by atoms with van der Waals surface area (Å²) in [6, 6.07) is 0. The number of rotatable bonds is 2. The van der Waals surface area contributed by atoms with Crippen LogP contribution in [0.15, 0.2) is 18.4 Å². The fourth-order valence-corrected chi connectivity index (χ4v) is 1.74. The van der Waals surface area contributed by atoms with Gasteiger partial charge >= 0.3 is 7.12 Å². The van der Waals surface area contributed by atoms with Gasteiger partial charge in [0.15, 0.2) is 5.82 Å². The van der Waals surface area contributed by atoms with Gasteiger partial charge in [-0.1, -0.05) is 12.1 Å². The molecule has 0 amide bonds. The van der Waals surface area contributed by atoms with Crippen molar-refractivity contribution in [2.75, 3.05) is 5.73 Å². The molecule has 0 atom stereocenters. The maximum Gasteiger partial charge on any atom is 0.487 e. The molecule has 1 aliphatic rings. The maximum atomic E-state index is 13.2. The monoisotopic (exact) mass is 264 g/mol. The van der Waals surface area contributed by atoms with Crippen molar-refractivity contribution in [1.29, 1.82) is 0 Å². The Morgan fingerprint density at radius 1 is 1.21 bits per heavy atom. The van der Waals surface area contributed by atoms with Crippen molar-refractivity contribution in [2.45, 2.75) is 38.9 Å². The van der Waals surface area contributed by atoms with Crippen LogP contribution in [0.3, 0.4) is 0 Å². The molecule has 0 aromatic carbocycles. The highest BCUT2D eigenvalue weighted by Gasteiger charge is 2.49. The molecule has 0 aliphatic carbocycles. The Bertz CT molecular complexity index is 501. The Balaban J connectivity index is 2.15. The van der Waals surface area contributed by atoms with Gasteiger partial charge in [-0.2, -0.15) is 0 Å². The molecule has 2 rings (SSSR count). The van der Waals surface area contributed by atoms with Crippen LogP contribution in [-0.2, 0) is 9.31 Å². The first-order chi connectivity index (χ1) is 8.73. The van der Waals surface area contributed by atoms with E-state index in [2.05, 4.69) is 4.98 Å². The molecule has 0 radical (unpaired) electrons. The van der Waals surface area contributed by atoms with Crippen LogP contribution in [0.5, 0.6) is 0 Å². The molecule has 1 aromatic heterocycles. The summed E-state index contributed by atoms with van der Waals surface area (Å²) < 4.78 is 24.8. The van der Waals surface area contributed by atoms with E-state index in [4.69, 9.17) is 15.0 Å². The zero-order valence-electron chi connectivity index (χ0n) is 11.6. The van der Waals surface area contributed by atoms with Crippen molar-refractivity contribution >= 4 is 18.9 Å². The minimum atomic E-state index is -0.531. The van der Waals surface area contributed by atoms with E-state index in [1.54, 1.807) is 12.1 Å². The quantitative estimate of drug-likeness (QED) is 0.833. The van der Waals surface area contributed by atoms with Crippen LogP contribution in [-0.4, -0.2) is 23.3 Å². The molecule has 1 aromatic rings. The third-order valence-corrected chi connectivity index (χ3v) is 3.67. The average Bonchev–Trinajstić information content (AvgIpc) is 2.50. The first-order valence-electron chi connectivity index (χ1n) is 6.16. The molecule has 1 fully saturated rings. The van der Waals surface area contributed by atoms with Gasteiger partial charge in [0, 0.05) is 11.8 Å². The molecule has 0 spiro atoms. The lowest BCUT2D eigenvalue weighted by Crippen LogP contribution is -2.41. The second-order valence-electron chi connectivity index (χ2n) is 5.61. The fraction of sp³-hybridized carbons (Fsp3) is 0.462. The van der Waals surface area contributed by atoms with Crippen molar-refractivity contribution in [1.82, 2.24) is 4.98 Å². The van der Waals surface area contributed by atoms with Gasteiger partial charge in [0.05, 0.1) is 23.1 Å². The number of pyridine rings is 1. The molecule has 0 bridgehead atoms. The van der Waals surface area contributed by atoms with Crippen LogP contribution in [0.2, 0.25) is 0 Å². The highest BCUT2D eigenvalue weighted by molar-refractivity contribution is 6.52. The van der Waals surface area contributed by atoms with Gasteiger partial charge in [-0.25, -0.2) is 4.39 Å². The van der Waals surface area contributed by atoms with Gasteiger partial charge in [-0.3, -0.25) is 4.98 Å². The molecule has 2 heterocycles. The Morgan fingerprint density at radius 2 is 1.79 bits per heavy atom. The lowest BCUT2D eigenvalue weighted by Gasteiger charge is -2.32. The van der Waals surface area contributed by atoms with E-state index in [1.807, 2.05) is 27.7 Å². The van der Waals surface area contributed by atoms with Crippen LogP contribution in [0.4, 0.5) is 10.1 Å². The summed E-state index contributed by atoms with van der Waals surface area (Å²) in [4.78, 5) is 3.76. The minimum absolute atomic E-state index is 0.0720. The number of anilines is 1. The Morgan fingerprint density at radius 3 is 2.37 bits per heavy atom. The topological polar surface area (TPSA) is 57.4 Å². The number of aromatic nitrogens is 1. The lowest BCUT2D eigenvalue weighted by molar-refractivity contribution is 0.00578. The van der Waals surface area contributed by atoms with Crippen LogP contribution < -0.4 is 5.73 Å². The number of hydrogen-bond acceptors (Lipinski definition) is 4. The predicted molar refractivity (Wildman–Crippen MR) is 73.7 cm³/mol. The van der Waals surface area contributed by atoms with Gasteiger partial charge in [-0.15, -0.1) is 0 Å². The summed E-state index contributed by atoms with van der Waals surface area (Å²) in [6.07, 6.45) is 4.25. The van der Waals surface area contributed by atoms with Gasteiger partial charge in [0.1, 0.15) is 0 Å².